The van der Waals surface area contributed by atoms with Crippen LogP contribution in [-0.2, 0) is 0 Å². The predicted molar refractivity (Wildman–Crippen MR) is 58.4 cm³/mol. The van der Waals surface area contributed by atoms with Gasteiger partial charge in [-0.05, 0) is 12.1 Å². The molecule has 1 aromatic carbocycles. The van der Waals surface area contributed by atoms with E-state index in [9.17, 15) is 9.59 Å². The first-order valence-electron chi connectivity index (χ1n) is 4.23. The molecule has 0 saturated carbocycles. The van der Waals surface area contributed by atoms with Crippen LogP contribution in [0.4, 0.5) is 0 Å². The Morgan fingerprint density at radius 2 is 2.07 bits per heavy atom. The fourth-order valence-electron chi connectivity index (χ4n) is 1.52. The van der Waals surface area contributed by atoms with Crippen LogP contribution in [0.3, 0.4) is 0 Å². The zero-order valence-electron chi connectivity index (χ0n) is 7.40. The average molecular weight is 219 g/mol. The maximum Gasteiger partial charge on any atom is 0.326 e. The first-order valence-corrected chi connectivity index (χ1v) is 5.11. The highest BCUT2D eigenvalue weighted by Gasteiger charge is 2.04. The first-order chi connectivity index (χ1) is 7.24. The van der Waals surface area contributed by atoms with E-state index in [1.807, 2.05) is 0 Å². The molecule has 2 N–H and O–H groups in total. The Balaban J connectivity index is 2.65. The van der Waals surface area contributed by atoms with Crippen molar-refractivity contribution in [2.45, 2.75) is 0 Å². The third-order valence-electron chi connectivity index (χ3n) is 2.19. The molecule has 0 unspecified atom stereocenters. The largest absolute Gasteiger partial charge is 0.326 e. The maximum atomic E-state index is 11.5. The summed E-state index contributed by atoms with van der Waals surface area (Å²) in [5, 5.41) is 0.452. The number of nitrogens with zero attached hydrogens (tertiary/aromatic N) is 1. The summed E-state index contributed by atoms with van der Waals surface area (Å²) in [4.78, 5) is 31.4. The molecule has 0 atom stereocenters. The van der Waals surface area contributed by atoms with Crippen LogP contribution < -0.4 is 11.2 Å². The Labute approximate surface area is 86.4 Å². The van der Waals surface area contributed by atoms with Gasteiger partial charge in [-0.3, -0.25) is 9.78 Å². The van der Waals surface area contributed by atoms with Crippen molar-refractivity contribution in [3.8, 4) is 0 Å². The highest BCUT2D eigenvalue weighted by Crippen LogP contribution is 2.20. The molecule has 0 bridgehead atoms. The van der Waals surface area contributed by atoms with Crippen molar-refractivity contribution in [3.05, 3.63) is 38.5 Å². The molecule has 3 aromatic rings. The van der Waals surface area contributed by atoms with Crippen LogP contribution in [-0.4, -0.2) is 15.0 Å². The van der Waals surface area contributed by atoms with E-state index in [-0.39, 0.29) is 5.56 Å². The molecule has 6 heteroatoms. The monoisotopic (exact) mass is 219 g/mol. The summed E-state index contributed by atoms with van der Waals surface area (Å²) in [6.07, 6.45) is 0. The van der Waals surface area contributed by atoms with Crippen molar-refractivity contribution in [2.75, 3.05) is 0 Å². The lowest BCUT2D eigenvalue weighted by Crippen LogP contribution is -2.21. The van der Waals surface area contributed by atoms with Gasteiger partial charge in [0.1, 0.15) is 0 Å². The summed E-state index contributed by atoms with van der Waals surface area (Å²) in [7, 11) is 0. The van der Waals surface area contributed by atoms with E-state index in [1.165, 1.54) is 11.3 Å². The fourth-order valence-corrected chi connectivity index (χ4v) is 2.22. The fraction of sp³-hybridized carbons (Fsp3) is 0. The average Bonchev–Trinajstić information content (AvgIpc) is 2.61. The Kier molecular flexibility index (Phi) is 1.54. The van der Waals surface area contributed by atoms with E-state index in [2.05, 4.69) is 15.0 Å². The number of nitrogens with one attached hydrogen (secondary N) is 2. The summed E-state index contributed by atoms with van der Waals surface area (Å²) in [6.45, 7) is 0. The van der Waals surface area contributed by atoms with Crippen LogP contribution in [0.5, 0.6) is 0 Å². The third-order valence-corrected chi connectivity index (χ3v) is 2.98. The van der Waals surface area contributed by atoms with Crippen molar-refractivity contribution in [3.63, 3.8) is 0 Å². The molecule has 0 spiro atoms. The Morgan fingerprint density at radius 3 is 2.93 bits per heavy atom. The number of hydrogen-bond acceptors (Lipinski definition) is 4. The minimum Gasteiger partial charge on any atom is -0.307 e. The van der Waals surface area contributed by atoms with Gasteiger partial charge in [0, 0.05) is 0 Å². The van der Waals surface area contributed by atoms with Crippen molar-refractivity contribution in [1.82, 2.24) is 15.0 Å². The van der Waals surface area contributed by atoms with Crippen molar-refractivity contribution in [2.24, 2.45) is 0 Å². The Bertz CT molecular complexity index is 768. The number of aromatic nitrogens is 3. The number of aromatic amines is 2. The van der Waals surface area contributed by atoms with Crippen molar-refractivity contribution < 1.29 is 0 Å². The van der Waals surface area contributed by atoms with E-state index in [0.717, 1.165) is 10.2 Å². The number of rotatable bonds is 0. The normalized spacial score (nSPS) is 11.2. The number of hydrogen-bond donors (Lipinski definition) is 2. The molecule has 0 aliphatic carbocycles. The quantitative estimate of drug-likeness (QED) is 0.587. The SMILES string of the molecule is O=c1[nH]c(=O)c2cc3ncsc3cc2[nH]1. The van der Waals surface area contributed by atoms with Crippen LogP contribution >= 0.6 is 11.3 Å². The first kappa shape index (κ1) is 8.37. The van der Waals surface area contributed by atoms with Crippen LogP contribution in [0, 0.1) is 0 Å². The lowest BCUT2D eigenvalue weighted by Gasteiger charge is -1.95. The van der Waals surface area contributed by atoms with E-state index >= 15 is 0 Å². The van der Waals surface area contributed by atoms with Gasteiger partial charge in [-0.2, -0.15) is 0 Å². The van der Waals surface area contributed by atoms with Crippen LogP contribution in [0.2, 0.25) is 0 Å². The molecule has 0 amide bonds. The van der Waals surface area contributed by atoms with Gasteiger partial charge in [-0.1, -0.05) is 0 Å². The highest BCUT2D eigenvalue weighted by atomic mass is 32.1. The molecular weight excluding hydrogens is 214 g/mol. The van der Waals surface area contributed by atoms with Gasteiger partial charge in [-0.25, -0.2) is 9.78 Å². The number of H-pyrrole nitrogens is 2. The van der Waals surface area contributed by atoms with Crippen LogP contribution in [0.15, 0.2) is 27.2 Å². The third kappa shape index (κ3) is 1.18. The van der Waals surface area contributed by atoms with E-state index in [1.54, 1.807) is 17.6 Å². The van der Waals surface area contributed by atoms with Gasteiger partial charge >= 0.3 is 5.69 Å². The second kappa shape index (κ2) is 2.77. The van der Waals surface area contributed by atoms with Gasteiger partial charge in [-0.15, -0.1) is 11.3 Å². The molecule has 0 aliphatic heterocycles. The zero-order chi connectivity index (χ0) is 10.4. The summed E-state index contributed by atoms with van der Waals surface area (Å²) in [5.74, 6) is 0. The molecular formula is C9H5N3O2S. The summed E-state index contributed by atoms with van der Waals surface area (Å²) in [6, 6.07) is 3.44. The second-order valence-corrected chi connectivity index (χ2v) is 4.01. The lowest BCUT2D eigenvalue weighted by molar-refractivity contribution is 1.08. The molecule has 0 fully saturated rings. The molecule has 0 saturated heterocycles. The second-order valence-electron chi connectivity index (χ2n) is 3.13. The minimum absolute atomic E-state index is 0.386. The Hall–Kier alpha value is -1.95. The zero-order valence-corrected chi connectivity index (χ0v) is 8.22. The molecule has 74 valence electrons. The van der Waals surface area contributed by atoms with Gasteiger partial charge in [0.15, 0.2) is 0 Å². The van der Waals surface area contributed by atoms with Crippen LogP contribution in [0.1, 0.15) is 0 Å². The molecule has 2 aromatic heterocycles. The van der Waals surface area contributed by atoms with E-state index in [4.69, 9.17) is 0 Å². The standard InChI is InChI=1S/C9H5N3O2S/c13-8-4-1-6-7(15-3-10-6)2-5(4)11-9(14)12-8/h1-3H,(H2,11,12,13,14). The molecule has 2 heterocycles. The topological polar surface area (TPSA) is 78.6 Å². The summed E-state index contributed by atoms with van der Waals surface area (Å²) in [5.41, 5.74) is 2.14. The number of thiazole rings is 1. The van der Waals surface area contributed by atoms with E-state index in [0.29, 0.717) is 10.9 Å². The van der Waals surface area contributed by atoms with Crippen molar-refractivity contribution in [1.29, 1.82) is 0 Å². The number of fused-ring (bicyclic) bond motifs is 2. The molecule has 0 radical (unpaired) electrons. The summed E-state index contributed by atoms with van der Waals surface area (Å²) < 4.78 is 0.948. The van der Waals surface area contributed by atoms with Crippen molar-refractivity contribution >= 4 is 32.5 Å². The summed E-state index contributed by atoms with van der Waals surface area (Å²) >= 11 is 1.47. The highest BCUT2D eigenvalue weighted by molar-refractivity contribution is 7.16. The maximum absolute atomic E-state index is 11.5. The predicted octanol–water partition coefficient (Wildman–Crippen LogP) is 0.826. The molecule has 5 nitrogen and oxygen atoms in total. The molecule has 0 aliphatic rings. The van der Waals surface area contributed by atoms with Crippen LogP contribution in [0.25, 0.3) is 21.1 Å². The molecule has 15 heavy (non-hydrogen) atoms. The van der Waals surface area contributed by atoms with Gasteiger partial charge in [0.25, 0.3) is 5.56 Å². The Morgan fingerprint density at radius 1 is 1.20 bits per heavy atom. The lowest BCUT2D eigenvalue weighted by atomic mass is 10.2. The van der Waals surface area contributed by atoms with Gasteiger partial charge in [0.2, 0.25) is 0 Å². The number of benzene rings is 1. The van der Waals surface area contributed by atoms with E-state index < -0.39 is 5.69 Å². The molecule has 3 rings (SSSR count). The van der Waals surface area contributed by atoms with Gasteiger partial charge in [0.05, 0.1) is 26.6 Å². The van der Waals surface area contributed by atoms with Gasteiger partial charge < -0.3 is 4.98 Å². The minimum atomic E-state index is -0.489. The smallest absolute Gasteiger partial charge is 0.307 e.